The molecule has 0 aliphatic rings. The van der Waals surface area contributed by atoms with Crippen LogP contribution < -0.4 is 27.4 Å². The Morgan fingerprint density at radius 3 is 2.17 bits per heavy atom. The number of amides is 4. The average molecular weight is 523 g/mol. The standard InChI is InChI=1S/C22H30N6O7S/c1-10(29)18(24)21(33)27-14(6-11-8-25-13-5-3-2-4-12(11)13)19(31)26-15(7-17(23)30)20(32)28-16(9-36)22(34)35/h2-5,8,10,14-16,18,25,29,36H,6-7,9,24H2,1H3,(H2,23,30)(H,26,31)(H,27,33)(H,28,32)(H,34,35). The molecule has 10 N–H and O–H groups in total. The van der Waals surface area contributed by atoms with Gasteiger partial charge in [-0.25, -0.2) is 4.79 Å². The molecule has 1 heterocycles. The minimum Gasteiger partial charge on any atom is -0.480 e. The number of nitrogens with two attached hydrogens (primary N) is 2. The number of aliphatic carboxylic acids is 1. The third-order valence-electron chi connectivity index (χ3n) is 5.39. The zero-order chi connectivity index (χ0) is 27.0. The summed E-state index contributed by atoms with van der Waals surface area (Å²) in [6.07, 6.45) is -0.210. The highest BCUT2D eigenvalue weighted by Gasteiger charge is 2.32. The van der Waals surface area contributed by atoms with Crippen LogP contribution in [0, 0.1) is 0 Å². The monoisotopic (exact) mass is 522 g/mol. The third kappa shape index (κ3) is 7.69. The lowest BCUT2D eigenvalue weighted by atomic mass is 10.0. The van der Waals surface area contributed by atoms with Gasteiger partial charge in [-0.15, -0.1) is 0 Å². The minimum absolute atomic E-state index is 0.0343. The summed E-state index contributed by atoms with van der Waals surface area (Å²) in [6, 6.07) is 1.74. The highest BCUT2D eigenvalue weighted by Crippen LogP contribution is 2.19. The molecule has 0 saturated carbocycles. The number of carbonyl (C=O) groups excluding carboxylic acids is 4. The van der Waals surface area contributed by atoms with Crippen LogP contribution >= 0.6 is 12.6 Å². The average Bonchev–Trinajstić information content (AvgIpc) is 3.23. The maximum Gasteiger partial charge on any atom is 0.327 e. The molecule has 196 valence electrons. The topological polar surface area (TPSA) is 230 Å². The number of carboxylic acids is 1. The Morgan fingerprint density at radius 1 is 1.00 bits per heavy atom. The van der Waals surface area contributed by atoms with Crippen molar-refractivity contribution in [2.24, 2.45) is 11.5 Å². The number of aromatic nitrogens is 1. The van der Waals surface area contributed by atoms with Gasteiger partial charge in [0.25, 0.3) is 0 Å². The van der Waals surface area contributed by atoms with Crippen molar-refractivity contribution in [2.45, 2.75) is 50.0 Å². The molecule has 0 saturated heterocycles. The molecule has 0 radical (unpaired) electrons. The number of aliphatic hydroxyl groups excluding tert-OH is 1. The number of hydrogen-bond acceptors (Lipinski definition) is 8. The molecule has 0 aliphatic heterocycles. The lowest BCUT2D eigenvalue weighted by molar-refractivity contribution is -0.141. The number of thiol groups is 1. The van der Waals surface area contributed by atoms with Gasteiger partial charge in [0.05, 0.1) is 12.5 Å². The molecule has 2 rings (SSSR count). The Labute approximate surface area is 211 Å². The first kappa shape index (κ1) is 28.6. The Morgan fingerprint density at radius 2 is 1.58 bits per heavy atom. The second kappa shape index (κ2) is 12.9. The van der Waals surface area contributed by atoms with E-state index in [0.29, 0.717) is 5.56 Å². The van der Waals surface area contributed by atoms with Gasteiger partial charge in [0.15, 0.2) is 0 Å². The molecule has 0 fully saturated rings. The molecule has 0 bridgehead atoms. The van der Waals surface area contributed by atoms with Gasteiger partial charge in [0.1, 0.15) is 24.2 Å². The number of nitrogens with one attached hydrogen (secondary N) is 4. The summed E-state index contributed by atoms with van der Waals surface area (Å²) in [7, 11) is 0. The van der Waals surface area contributed by atoms with E-state index in [2.05, 4.69) is 33.6 Å². The van der Waals surface area contributed by atoms with Gasteiger partial charge in [-0.1, -0.05) is 18.2 Å². The van der Waals surface area contributed by atoms with Crippen LogP contribution in [0.25, 0.3) is 10.9 Å². The molecule has 36 heavy (non-hydrogen) atoms. The number of para-hydroxylation sites is 1. The number of fused-ring (bicyclic) bond motifs is 1. The number of aliphatic hydroxyl groups is 1. The van der Waals surface area contributed by atoms with Crippen LogP contribution in [0.15, 0.2) is 30.5 Å². The summed E-state index contributed by atoms with van der Waals surface area (Å²) in [5, 5.41) is 26.6. The second-order valence-corrected chi connectivity index (χ2v) is 8.57. The fourth-order valence-corrected chi connectivity index (χ4v) is 3.60. The highest BCUT2D eigenvalue weighted by molar-refractivity contribution is 7.80. The first-order chi connectivity index (χ1) is 16.9. The van der Waals surface area contributed by atoms with Crippen LogP contribution in [-0.4, -0.2) is 80.8 Å². The largest absolute Gasteiger partial charge is 0.480 e. The number of carbonyl (C=O) groups is 5. The van der Waals surface area contributed by atoms with Crippen molar-refractivity contribution in [1.29, 1.82) is 0 Å². The third-order valence-corrected chi connectivity index (χ3v) is 5.76. The molecule has 1 aromatic carbocycles. The van der Waals surface area contributed by atoms with Gasteiger partial charge >= 0.3 is 5.97 Å². The first-order valence-electron chi connectivity index (χ1n) is 11.0. The second-order valence-electron chi connectivity index (χ2n) is 8.20. The number of aromatic amines is 1. The van der Waals surface area contributed by atoms with Crippen LogP contribution in [0.2, 0.25) is 0 Å². The molecule has 5 atom stereocenters. The van der Waals surface area contributed by atoms with Crippen molar-refractivity contribution in [3.63, 3.8) is 0 Å². The number of benzene rings is 1. The molecular formula is C22H30N6O7S. The predicted octanol–water partition coefficient (Wildman–Crippen LogP) is -2.24. The molecule has 13 nitrogen and oxygen atoms in total. The number of H-pyrrole nitrogens is 1. The number of hydrogen-bond donors (Lipinski definition) is 9. The smallest absolute Gasteiger partial charge is 0.327 e. The van der Waals surface area contributed by atoms with Crippen molar-refractivity contribution in [1.82, 2.24) is 20.9 Å². The van der Waals surface area contributed by atoms with E-state index in [1.165, 1.54) is 6.92 Å². The van der Waals surface area contributed by atoms with E-state index in [-0.39, 0.29) is 12.2 Å². The van der Waals surface area contributed by atoms with Gasteiger partial charge in [-0.05, 0) is 18.6 Å². The quantitative estimate of drug-likeness (QED) is 0.130. The molecule has 0 spiro atoms. The Bertz CT molecular complexity index is 1120. The Balaban J connectivity index is 2.31. The van der Waals surface area contributed by atoms with E-state index < -0.39 is 66.3 Å². The lowest BCUT2D eigenvalue weighted by Gasteiger charge is -2.25. The van der Waals surface area contributed by atoms with Gasteiger partial charge in [0.2, 0.25) is 23.6 Å². The summed E-state index contributed by atoms with van der Waals surface area (Å²) in [4.78, 5) is 64.2. The van der Waals surface area contributed by atoms with Gasteiger partial charge in [0, 0.05) is 29.3 Å². The molecule has 14 heteroatoms. The molecule has 2 aromatic rings. The summed E-state index contributed by atoms with van der Waals surface area (Å²) >= 11 is 3.87. The van der Waals surface area contributed by atoms with Crippen LogP contribution in [0.5, 0.6) is 0 Å². The van der Waals surface area contributed by atoms with E-state index >= 15 is 0 Å². The Kier molecular flexibility index (Phi) is 10.3. The zero-order valence-corrected chi connectivity index (χ0v) is 20.3. The number of carboxylic acid groups (broad SMARTS) is 1. The number of primary amides is 1. The summed E-state index contributed by atoms with van der Waals surface area (Å²) in [5.41, 5.74) is 12.4. The molecule has 5 unspecified atom stereocenters. The van der Waals surface area contributed by atoms with Gasteiger partial charge < -0.3 is 42.6 Å². The lowest BCUT2D eigenvalue weighted by Crippen LogP contribution is -2.59. The normalized spacial score (nSPS) is 15.2. The molecular weight excluding hydrogens is 492 g/mol. The summed E-state index contributed by atoms with van der Waals surface area (Å²) in [5.74, 6) is -5.18. The maximum absolute atomic E-state index is 13.2. The fourth-order valence-electron chi connectivity index (χ4n) is 3.36. The van der Waals surface area contributed by atoms with Gasteiger partial charge in [-0.3, -0.25) is 19.2 Å². The van der Waals surface area contributed by atoms with E-state index in [0.717, 1.165) is 10.9 Å². The van der Waals surface area contributed by atoms with Crippen LogP contribution in [0.1, 0.15) is 18.9 Å². The van der Waals surface area contributed by atoms with Crippen molar-refractivity contribution < 1.29 is 34.2 Å². The van der Waals surface area contributed by atoms with E-state index in [1.807, 2.05) is 18.2 Å². The highest BCUT2D eigenvalue weighted by atomic mass is 32.1. The fraction of sp³-hybridized carbons (Fsp3) is 0.409. The van der Waals surface area contributed by atoms with E-state index in [1.54, 1.807) is 12.3 Å². The SMILES string of the molecule is CC(O)C(N)C(=O)NC(Cc1c[nH]c2ccccc12)C(=O)NC(CC(N)=O)C(=O)NC(CS)C(=O)O. The van der Waals surface area contributed by atoms with E-state index in [9.17, 15) is 29.1 Å². The maximum atomic E-state index is 13.2. The molecule has 1 aromatic heterocycles. The van der Waals surface area contributed by atoms with Crippen LogP contribution in [0.3, 0.4) is 0 Å². The predicted molar refractivity (Wildman–Crippen MR) is 133 cm³/mol. The van der Waals surface area contributed by atoms with Crippen molar-refractivity contribution in [2.75, 3.05) is 5.75 Å². The van der Waals surface area contributed by atoms with Gasteiger partial charge in [-0.2, -0.15) is 12.6 Å². The summed E-state index contributed by atoms with van der Waals surface area (Å²) < 4.78 is 0. The van der Waals surface area contributed by atoms with Crippen molar-refractivity contribution in [3.8, 4) is 0 Å². The van der Waals surface area contributed by atoms with Crippen molar-refractivity contribution >= 4 is 53.1 Å². The summed E-state index contributed by atoms with van der Waals surface area (Å²) in [6.45, 7) is 1.31. The molecule has 4 amide bonds. The van der Waals surface area contributed by atoms with Crippen LogP contribution in [0.4, 0.5) is 0 Å². The first-order valence-corrected chi connectivity index (χ1v) is 11.6. The van der Waals surface area contributed by atoms with E-state index in [4.69, 9.17) is 16.6 Å². The zero-order valence-electron chi connectivity index (χ0n) is 19.4. The van der Waals surface area contributed by atoms with Crippen LogP contribution in [-0.2, 0) is 30.4 Å². The Hall–Kier alpha value is -3.62. The number of rotatable bonds is 13. The molecule has 0 aliphatic carbocycles. The minimum atomic E-state index is -1.52. The van der Waals surface area contributed by atoms with Crippen molar-refractivity contribution in [3.05, 3.63) is 36.0 Å².